The third kappa shape index (κ3) is 4.09. The lowest BCUT2D eigenvalue weighted by atomic mass is 10.1. The van der Waals surface area contributed by atoms with Crippen molar-refractivity contribution >= 4 is 44.9 Å². The monoisotopic (exact) mass is 343 g/mol. The fourth-order valence-corrected chi connectivity index (χ4v) is 4.06. The molecule has 1 N–H and O–H groups in total. The number of nitrogens with one attached hydrogen (secondary N) is 1. The number of hydrogen-bond acceptors (Lipinski definition) is 5. The predicted molar refractivity (Wildman–Crippen MR) is 97.0 cm³/mol. The van der Waals surface area contributed by atoms with E-state index in [1.54, 1.807) is 11.8 Å². The van der Waals surface area contributed by atoms with E-state index in [2.05, 4.69) is 58.0 Å². The zero-order valence-electron chi connectivity index (χ0n) is 12.8. The van der Waals surface area contributed by atoms with Gasteiger partial charge in [0.05, 0.1) is 0 Å². The van der Waals surface area contributed by atoms with Crippen LogP contribution < -0.4 is 5.32 Å². The Morgan fingerprint density at radius 3 is 2.87 bits per heavy atom. The summed E-state index contributed by atoms with van der Waals surface area (Å²) >= 11 is 3.06. The molecule has 0 fully saturated rings. The Morgan fingerprint density at radius 2 is 2.00 bits per heavy atom. The quantitative estimate of drug-likeness (QED) is 0.519. The molecule has 1 amide bonds. The van der Waals surface area contributed by atoms with Crippen LogP contribution in [0, 0.1) is 0 Å². The first-order chi connectivity index (χ1) is 11.3. The third-order valence-corrected chi connectivity index (χ3v) is 5.38. The van der Waals surface area contributed by atoms with Crippen molar-refractivity contribution in [2.75, 3.05) is 5.32 Å². The van der Waals surface area contributed by atoms with E-state index in [1.807, 2.05) is 6.92 Å². The molecule has 6 heteroatoms. The lowest BCUT2D eigenvalue weighted by Gasteiger charge is -2.04. The van der Waals surface area contributed by atoms with E-state index in [4.69, 9.17) is 0 Å². The molecule has 2 aromatic carbocycles. The van der Waals surface area contributed by atoms with Gasteiger partial charge < -0.3 is 5.32 Å². The summed E-state index contributed by atoms with van der Waals surface area (Å²) in [5, 5.41) is 14.0. The van der Waals surface area contributed by atoms with Gasteiger partial charge in [-0.3, -0.25) is 4.79 Å². The van der Waals surface area contributed by atoms with Crippen molar-refractivity contribution in [3.05, 3.63) is 48.0 Å². The second kappa shape index (κ2) is 7.57. The molecule has 118 valence electrons. The van der Waals surface area contributed by atoms with Crippen molar-refractivity contribution in [3.63, 3.8) is 0 Å². The Morgan fingerprint density at radius 1 is 1.17 bits per heavy atom. The van der Waals surface area contributed by atoms with Crippen molar-refractivity contribution < 1.29 is 4.79 Å². The number of rotatable bonds is 6. The van der Waals surface area contributed by atoms with Crippen LogP contribution in [0.1, 0.15) is 25.3 Å². The summed E-state index contributed by atoms with van der Waals surface area (Å²) in [5.41, 5.74) is 1.28. The molecule has 1 aromatic heterocycles. The van der Waals surface area contributed by atoms with Gasteiger partial charge in [0, 0.05) is 12.2 Å². The Kier molecular flexibility index (Phi) is 5.25. The molecule has 0 bridgehead atoms. The van der Waals surface area contributed by atoms with Crippen LogP contribution in [0.5, 0.6) is 0 Å². The Bertz CT molecular complexity index is 811. The molecule has 23 heavy (non-hydrogen) atoms. The van der Waals surface area contributed by atoms with Crippen LogP contribution in [0.3, 0.4) is 0 Å². The molecule has 1 heterocycles. The maximum Gasteiger partial charge on any atom is 0.226 e. The third-order valence-electron chi connectivity index (χ3n) is 3.36. The average Bonchev–Trinajstić information content (AvgIpc) is 3.00. The summed E-state index contributed by atoms with van der Waals surface area (Å²) in [5.74, 6) is 0.827. The maximum atomic E-state index is 11.6. The van der Waals surface area contributed by atoms with Crippen LogP contribution in [0.15, 0.2) is 46.8 Å². The van der Waals surface area contributed by atoms with Crippen LogP contribution in [0.4, 0.5) is 5.13 Å². The highest BCUT2D eigenvalue weighted by atomic mass is 32.2. The van der Waals surface area contributed by atoms with Gasteiger partial charge in [-0.05, 0) is 22.8 Å². The van der Waals surface area contributed by atoms with Gasteiger partial charge in [0.25, 0.3) is 0 Å². The number of carbonyl (C=O) groups is 1. The van der Waals surface area contributed by atoms with Crippen molar-refractivity contribution in [2.24, 2.45) is 0 Å². The van der Waals surface area contributed by atoms with Crippen LogP contribution >= 0.6 is 23.1 Å². The predicted octanol–water partition coefficient (Wildman–Crippen LogP) is 4.72. The zero-order valence-corrected chi connectivity index (χ0v) is 14.4. The van der Waals surface area contributed by atoms with Crippen molar-refractivity contribution in [2.45, 2.75) is 29.9 Å². The van der Waals surface area contributed by atoms with Gasteiger partial charge in [-0.25, -0.2) is 0 Å². The molecule has 3 rings (SSSR count). The van der Waals surface area contributed by atoms with Gasteiger partial charge in [0.15, 0.2) is 4.34 Å². The number of hydrogen-bond donors (Lipinski definition) is 1. The van der Waals surface area contributed by atoms with Crippen molar-refractivity contribution in [3.8, 4) is 0 Å². The number of benzene rings is 2. The molecule has 3 aromatic rings. The van der Waals surface area contributed by atoms with E-state index in [-0.39, 0.29) is 5.91 Å². The molecule has 0 aliphatic rings. The highest BCUT2D eigenvalue weighted by molar-refractivity contribution is 8.00. The maximum absolute atomic E-state index is 11.6. The van der Waals surface area contributed by atoms with Gasteiger partial charge >= 0.3 is 0 Å². The first-order valence-corrected chi connectivity index (χ1v) is 9.29. The summed E-state index contributed by atoms with van der Waals surface area (Å²) < 4.78 is 0.865. The number of carbonyl (C=O) groups excluding carboxylic acids is 1. The first-order valence-electron chi connectivity index (χ1n) is 7.49. The second-order valence-electron chi connectivity index (χ2n) is 5.10. The molecule has 0 atom stereocenters. The normalized spacial score (nSPS) is 10.8. The highest BCUT2D eigenvalue weighted by Crippen LogP contribution is 2.30. The molecule has 0 saturated carbocycles. The lowest BCUT2D eigenvalue weighted by molar-refractivity contribution is -0.116. The Hall–Kier alpha value is -1.92. The SMILES string of the molecule is CCCC(=O)Nc1nnc(SCc2cccc3ccccc23)s1. The van der Waals surface area contributed by atoms with E-state index < -0.39 is 0 Å². The van der Waals surface area contributed by atoms with E-state index >= 15 is 0 Å². The van der Waals surface area contributed by atoms with E-state index in [9.17, 15) is 4.79 Å². The summed E-state index contributed by atoms with van der Waals surface area (Å²) in [7, 11) is 0. The van der Waals surface area contributed by atoms with Crippen LogP contribution in [0.2, 0.25) is 0 Å². The minimum Gasteiger partial charge on any atom is -0.301 e. The lowest BCUT2D eigenvalue weighted by Crippen LogP contribution is -2.10. The largest absolute Gasteiger partial charge is 0.301 e. The van der Waals surface area contributed by atoms with Crippen molar-refractivity contribution in [1.29, 1.82) is 0 Å². The molecule has 0 aliphatic heterocycles. The molecule has 0 unspecified atom stereocenters. The standard InChI is InChI=1S/C17H17N3OS2/c1-2-6-15(21)18-16-19-20-17(23-16)22-11-13-9-5-8-12-7-3-4-10-14(12)13/h3-5,7-10H,2,6,11H2,1H3,(H,18,19,21). The molecular weight excluding hydrogens is 326 g/mol. The fourth-order valence-electron chi connectivity index (χ4n) is 2.29. The smallest absolute Gasteiger partial charge is 0.226 e. The summed E-state index contributed by atoms with van der Waals surface area (Å²) in [6, 6.07) is 14.7. The summed E-state index contributed by atoms with van der Waals surface area (Å²) in [4.78, 5) is 11.6. The number of amides is 1. The molecule has 4 nitrogen and oxygen atoms in total. The Balaban J connectivity index is 1.66. The highest BCUT2D eigenvalue weighted by Gasteiger charge is 2.09. The number of anilines is 1. The van der Waals surface area contributed by atoms with Gasteiger partial charge in [-0.15, -0.1) is 10.2 Å². The molecule has 0 radical (unpaired) electrons. The molecular formula is C17H17N3OS2. The summed E-state index contributed by atoms with van der Waals surface area (Å²) in [6.07, 6.45) is 1.34. The fraction of sp³-hybridized carbons (Fsp3) is 0.235. The van der Waals surface area contributed by atoms with Gasteiger partial charge in [0.2, 0.25) is 11.0 Å². The first kappa shape index (κ1) is 16.0. The van der Waals surface area contributed by atoms with E-state index in [0.717, 1.165) is 16.5 Å². The van der Waals surface area contributed by atoms with E-state index in [0.29, 0.717) is 11.6 Å². The van der Waals surface area contributed by atoms with Crippen molar-refractivity contribution in [1.82, 2.24) is 10.2 Å². The zero-order chi connectivity index (χ0) is 16.1. The molecule has 0 saturated heterocycles. The number of nitrogens with zero attached hydrogens (tertiary/aromatic N) is 2. The van der Waals surface area contributed by atoms with Gasteiger partial charge in [-0.2, -0.15) is 0 Å². The number of fused-ring (bicyclic) bond motifs is 1. The number of thioether (sulfide) groups is 1. The topological polar surface area (TPSA) is 54.9 Å². The van der Waals surface area contributed by atoms with Gasteiger partial charge in [-0.1, -0.05) is 72.5 Å². The minimum absolute atomic E-state index is 0.00532. The van der Waals surface area contributed by atoms with Crippen LogP contribution in [0.25, 0.3) is 10.8 Å². The van der Waals surface area contributed by atoms with Crippen LogP contribution in [-0.2, 0) is 10.5 Å². The van der Waals surface area contributed by atoms with E-state index in [1.165, 1.54) is 27.7 Å². The summed E-state index contributed by atoms with van der Waals surface area (Å²) in [6.45, 7) is 1.98. The number of aromatic nitrogens is 2. The molecule has 0 spiro atoms. The minimum atomic E-state index is -0.00532. The van der Waals surface area contributed by atoms with Gasteiger partial charge in [0.1, 0.15) is 0 Å². The Labute approximate surface area is 143 Å². The second-order valence-corrected chi connectivity index (χ2v) is 7.30. The average molecular weight is 343 g/mol. The van der Waals surface area contributed by atoms with Crippen LogP contribution in [-0.4, -0.2) is 16.1 Å². The molecule has 0 aliphatic carbocycles.